The fourth-order valence-corrected chi connectivity index (χ4v) is 3.96. The van der Waals surface area contributed by atoms with Gasteiger partial charge in [-0.05, 0) is 48.9 Å². The predicted molar refractivity (Wildman–Crippen MR) is 113 cm³/mol. The van der Waals surface area contributed by atoms with E-state index >= 15 is 0 Å². The van der Waals surface area contributed by atoms with Crippen molar-refractivity contribution in [3.8, 4) is 5.75 Å². The lowest BCUT2D eigenvalue weighted by molar-refractivity contribution is 0.0970. The van der Waals surface area contributed by atoms with Crippen LogP contribution in [0, 0.1) is 6.92 Å². The van der Waals surface area contributed by atoms with Crippen molar-refractivity contribution in [2.45, 2.75) is 13.0 Å². The quantitative estimate of drug-likeness (QED) is 0.514. The lowest BCUT2D eigenvalue weighted by atomic mass is 9.98. The molecule has 1 atom stereocenters. The summed E-state index contributed by atoms with van der Waals surface area (Å²) in [6.45, 7) is 1.88. The molecule has 1 aliphatic rings. The normalized spacial score (nSPS) is 15.6. The first kappa shape index (κ1) is 18.4. The highest BCUT2D eigenvalue weighted by Gasteiger charge is 2.44. The molecular formula is C23H15ClN2O4. The number of rotatable bonds is 2. The Morgan fingerprint density at radius 3 is 2.67 bits per heavy atom. The largest absolute Gasteiger partial charge is 0.508 e. The Morgan fingerprint density at radius 1 is 1.10 bits per heavy atom. The first-order valence-electron chi connectivity index (χ1n) is 9.25. The van der Waals surface area contributed by atoms with Crippen LogP contribution in [0.3, 0.4) is 0 Å². The number of amides is 1. The van der Waals surface area contributed by atoms with Crippen molar-refractivity contribution in [2.75, 3.05) is 4.90 Å². The van der Waals surface area contributed by atoms with Crippen LogP contribution in [-0.4, -0.2) is 16.0 Å². The summed E-state index contributed by atoms with van der Waals surface area (Å²) in [6.07, 6.45) is 1.43. The molecule has 1 amide bonds. The number of hydrogen-bond donors (Lipinski definition) is 1. The molecule has 0 saturated heterocycles. The second-order valence-corrected chi connectivity index (χ2v) is 7.62. The Bertz CT molecular complexity index is 1380. The highest BCUT2D eigenvalue weighted by atomic mass is 35.5. The van der Waals surface area contributed by atoms with Gasteiger partial charge in [-0.1, -0.05) is 35.4 Å². The molecule has 148 valence electrons. The van der Waals surface area contributed by atoms with Crippen molar-refractivity contribution in [2.24, 2.45) is 0 Å². The lowest BCUT2D eigenvalue weighted by Gasteiger charge is -2.24. The van der Waals surface area contributed by atoms with E-state index in [1.807, 2.05) is 13.0 Å². The summed E-state index contributed by atoms with van der Waals surface area (Å²) >= 11 is 5.96. The van der Waals surface area contributed by atoms with Crippen molar-refractivity contribution in [3.63, 3.8) is 0 Å². The fraction of sp³-hybridized carbons (Fsp3) is 0.0870. The van der Waals surface area contributed by atoms with Gasteiger partial charge in [-0.2, -0.15) is 0 Å². The third-order valence-electron chi connectivity index (χ3n) is 5.17. The number of phenols is 1. The third-order valence-corrected chi connectivity index (χ3v) is 5.39. The Kier molecular flexibility index (Phi) is 4.11. The van der Waals surface area contributed by atoms with Gasteiger partial charge in [0.25, 0.3) is 5.91 Å². The van der Waals surface area contributed by atoms with Crippen molar-refractivity contribution in [1.82, 2.24) is 4.98 Å². The molecule has 4 aromatic rings. The number of fused-ring (bicyclic) bond motifs is 2. The Balaban J connectivity index is 1.83. The number of halogens is 1. The minimum Gasteiger partial charge on any atom is -0.508 e. The molecule has 2 aromatic heterocycles. The number of phenolic OH excluding ortho intramolecular Hbond substituents is 1. The average molecular weight is 419 g/mol. The number of benzene rings is 2. The van der Waals surface area contributed by atoms with Crippen molar-refractivity contribution >= 4 is 34.3 Å². The minimum atomic E-state index is -0.797. The molecule has 7 heteroatoms. The number of hydrogen-bond acceptors (Lipinski definition) is 5. The van der Waals surface area contributed by atoms with Crippen LogP contribution < -0.4 is 10.3 Å². The van der Waals surface area contributed by atoms with Crippen LogP contribution in [0.5, 0.6) is 5.75 Å². The molecule has 0 aliphatic carbocycles. The summed E-state index contributed by atoms with van der Waals surface area (Å²) in [5, 5.41) is 10.8. The van der Waals surface area contributed by atoms with Crippen LogP contribution in [0.25, 0.3) is 11.0 Å². The van der Waals surface area contributed by atoms with E-state index in [0.717, 1.165) is 5.56 Å². The number of pyridine rings is 1. The van der Waals surface area contributed by atoms with Crippen LogP contribution in [0.1, 0.15) is 33.3 Å². The summed E-state index contributed by atoms with van der Waals surface area (Å²) in [7, 11) is 0. The first-order chi connectivity index (χ1) is 14.4. The molecule has 5 rings (SSSR count). The zero-order valence-electron chi connectivity index (χ0n) is 15.8. The molecule has 3 heterocycles. The van der Waals surface area contributed by atoms with Crippen molar-refractivity contribution < 1.29 is 14.3 Å². The summed E-state index contributed by atoms with van der Waals surface area (Å²) in [4.78, 5) is 32.5. The fourth-order valence-electron chi connectivity index (χ4n) is 3.84. The molecule has 30 heavy (non-hydrogen) atoms. The number of carbonyl (C=O) groups is 1. The molecule has 0 fully saturated rings. The zero-order chi connectivity index (χ0) is 21.0. The minimum absolute atomic E-state index is 0.0263. The maximum Gasteiger partial charge on any atom is 0.296 e. The zero-order valence-corrected chi connectivity index (χ0v) is 16.6. The molecule has 1 unspecified atom stereocenters. The number of aromatic nitrogens is 1. The molecule has 0 bridgehead atoms. The molecule has 1 N–H and O–H groups in total. The number of anilines is 1. The van der Waals surface area contributed by atoms with E-state index in [4.69, 9.17) is 16.0 Å². The molecule has 6 nitrogen and oxygen atoms in total. The first-order valence-corrected chi connectivity index (χ1v) is 9.63. The SMILES string of the molecule is Cc1ccc2oc3c(c(=O)c2c1)C(c1cccc(O)c1)N(c1ccc(Cl)cn1)C3=O. The Labute approximate surface area is 176 Å². The summed E-state index contributed by atoms with van der Waals surface area (Å²) < 4.78 is 5.90. The number of nitrogens with zero attached hydrogens (tertiary/aromatic N) is 2. The average Bonchev–Trinajstić information content (AvgIpc) is 3.02. The van der Waals surface area contributed by atoms with Gasteiger partial charge in [0.2, 0.25) is 5.76 Å². The van der Waals surface area contributed by atoms with E-state index in [0.29, 0.717) is 27.4 Å². The van der Waals surface area contributed by atoms with Crippen LogP contribution in [0.2, 0.25) is 5.02 Å². The second-order valence-electron chi connectivity index (χ2n) is 7.18. The number of aryl methyl sites for hydroxylation is 1. The number of carbonyl (C=O) groups excluding carboxylic acids is 1. The Morgan fingerprint density at radius 2 is 1.93 bits per heavy atom. The third kappa shape index (κ3) is 2.76. The standard InChI is InChI=1S/C23H15ClN2O4/c1-12-5-7-17-16(9-12)21(28)19-20(13-3-2-4-15(27)10-13)26(23(29)22(19)30-17)18-8-6-14(24)11-25-18/h2-11,20,27H,1H3. The molecule has 1 aliphatic heterocycles. The van der Waals surface area contributed by atoms with E-state index in [1.165, 1.54) is 23.2 Å². The van der Waals surface area contributed by atoms with Crippen molar-refractivity contribution in [1.29, 1.82) is 0 Å². The lowest BCUT2D eigenvalue weighted by Crippen LogP contribution is -2.30. The maximum atomic E-state index is 13.5. The topological polar surface area (TPSA) is 83.6 Å². The van der Waals surface area contributed by atoms with Gasteiger partial charge in [-0.15, -0.1) is 0 Å². The molecule has 2 aromatic carbocycles. The van der Waals surface area contributed by atoms with E-state index < -0.39 is 11.9 Å². The van der Waals surface area contributed by atoms with Gasteiger partial charge in [0.05, 0.1) is 22.0 Å². The van der Waals surface area contributed by atoms with E-state index in [1.54, 1.807) is 36.4 Å². The van der Waals surface area contributed by atoms with Gasteiger partial charge >= 0.3 is 0 Å². The monoisotopic (exact) mass is 418 g/mol. The molecule has 0 spiro atoms. The highest BCUT2D eigenvalue weighted by Crippen LogP contribution is 2.41. The van der Waals surface area contributed by atoms with Gasteiger partial charge in [-0.25, -0.2) is 4.98 Å². The van der Waals surface area contributed by atoms with Gasteiger partial charge in [-0.3, -0.25) is 14.5 Å². The van der Waals surface area contributed by atoms with Gasteiger partial charge < -0.3 is 9.52 Å². The van der Waals surface area contributed by atoms with E-state index in [9.17, 15) is 14.7 Å². The van der Waals surface area contributed by atoms with E-state index in [2.05, 4.69) is 4.98 Å². The smallest absolute Gasteiger partial charge is 0.296 e. The second kappa shape index (κ2) is 6.71. The molecule has 0 radical (unpaired) electrons. The summed E-state index contributed by atoms with van der Waals surface area (Å²) in [6, 6.07) is 14.1. The summed E-state index contributed by atoms with van der Waals surface area (Å²) in [5.41, 5.74) is 1.76. The maximum absolute atomic E-state index is 13.5. The molecular weight excluding hydrogens is 404 g/mol. The van der Waals surface area contributed by atoms with Gasteiger partial charge in [0, 0.05) is 6.20 Å². The molecule has 0 saturated carbocycles. The van der Waals surface area contributed by atoms with E-state index in [-0.39, 0.29) is 22.5 Å². The highest BCUT2D eigenvalue weighted by molar-refractivity contribution is 6.30. The van der Waals surface area contributed by atoms with Gasteiger partial charge in [0.1, 0.15) is 17.2 Å². The van der Waals surface area contributed by atoms with Crippen LogP contribution in [0.15, 0.2) is 70.0 Å². The Hall–Kier alpha value is -3.64. The van der Waals surface area contributed by atoms with Crippen LogP contribution in [0.4, 0.5) is 5.82 Å². The van der Waals surface area contributed by atoms with Crippen molar-refractivity contribution in [3.05, 3.63) is 98.5 Å². The van der Waals surface area contributed by atoms with Gasteiger partial charge in [0.15, 0.2) is 5.43 Å². The number of aromatic hydroxyl groups is 1. The van der Waals surface area contributed by atoms with Crippen LogP contribution >= 0.6 is 11.6 Å². The summed E-state index contributed by atoms with van der Waals surface area (Å²) in [5.74, 6) is -0.156. The predicted octanol–water partition coefficient (Wildman–Crippen LogP) is 4.61. The van der Waals surface area contributed by atoms with Crippen LogP contribution in [-0.2, 0) is 0 Å².